The van der Waals surface area contributed by atoms with Gasteiger partial charge in [-0.1, -0.05) is 17.0 Å². The van der Waals surface area contributed by atoms with E-state index in [4.69, 9.17) is 18.7 Å². The molecule has 5 rings (SSSR count). The van der Waals surface area contributed by atoms with Crippen LogP contribution in [0, 0.1) is 29.6 Å². The van der Waals surface area contributed by atoms with Gasteiger partial charge in [-0.05, 0) is 84.6 Å². The molecule has 1 aromatic carbocycles. The SMILES string of the molecule is C[C@H](OC(=O)CCNC(=O)OC(C)(C)C)c1nccn1Cc1cc(-c2ccc(C#C[C@@H]3[C@H]4CN(C(=O)CCNC(=O)OC(C)(C)C)C[C@@H]34)cc2)on1. The Bertz CT molecular complexity index is 1790. The molecule has 2 aliphatic rings. The molecule has 1 aliphatic carbocycles. The van der Waals surface area contributed by atoms with E-state index in [2.05, 4.69) is 32.6 Å². The van der Waals surface area contributed by atoms with Crippen LogP contribution in [0.2, 0.25) is 0 Å². The molecule has 1 saturated carbocycles. The first-order chi connectivity index (χ1) is 24.5. The molecule has 1 aliphatic heterocycles. The first-order valence-corrected chi connectivity index (χ1v) is 17.5. The normalized spacial score (nSPS) is 18.4. The molecule has 2 aromatic heterocycles. The number of imidazole rings is 1. The number of benzene rings is 1. The fraction of sp³-hybridized carbons (Fsp3) is 0.526. The third kappa shape index (κ3) is 10.8. The zero-order valence-electron chi connectivity index (χ0n) is 30.9. The summed E-state index contributed by atoms with van der Waals surface area (Å²) in [4.78, 5) is 54.8. The first kappa shape index (κ1) is 37.9. The zero-order chi connectivity index (χ0) is 37.6. The number of carbonyl (C=O) groups excluding carboxylic acids is 4. The number of hydrogen-bond acceptors (Lipinski definition) is 10. The number of esters is 1. The Kier molecular flexibility index (Phi) is 11.6. The van der Waals surface area contributed by atoms with E-state index in [1.807, 2.05) is 39.8 Å². The van der Waals surface area contributed by atoms with Gasteiger partial charge in [-0.3, -0.25) is 9.59 Å². The molecule has 14 heteroatoms. The number of nitrogens with one attached hydrogen (secondary N) is 2. The first-order valence-electron chi connectivity index (χ1n) is 17.5. The molecule has 4 atom stereocenters. The predicted molar refractivity (Wildman–Crippen MR) is 189 cm³/mol. The van der Waals surface area contributed by atoms with E-state index in [1.54, 1.807) is 60.9 Å². The molecule has 1 saturated heterocycles. The summed E-state index contributed by atoms with van der Waals surface area (Å²) in [6, 6.07) is 9.63. The number of nitrogens with zero attached hydrogens (tertiary/aromatic N) is 4. The average molecular weight is 717 g/mol. The third-order valence-corrected chi connectivity index (χ3v) is 8.41. The van der Waals surface area contributed by atoms with Gasteiger partial charge in [0.2, 0.25) is 5.91 Å². The summed E-state index contributed by atoms with van der Waals surface area (Å²) < 4.78 is 23.4. The van der Waals surface area contributed by atoms with Crippen molar-refractivity contribution in [3.8, 4) is 23.2 Å². The van der Waals surface area contributed by atoms with Crippen LogP contribution in [0.25, 0.3) is 11.3 Å². The Balaban J connectivity index is 1.04. The molecule has 3 heterocycles. The van der Waals surface area contributed by atoms with E-state index >= 15 is 0 Å². The molecular weight excluding hydrogens is 668 g/mol. The van der Waals surface area contributed by atoms with Crippen LogP contribution in [0.4, 0.5) is 9.59 Å². The van der Waals surface area contributed by atoms with Crippen molar-refractivity contribution in [1.29, 1.82) is 0 Å². The summed E-state index contributed by atoms with van der Waals surface area (Å²) >= 11 is 0. The van der Waals surface area contributed by atoms with Crippen LogP contribution >= 0.6 is 0 Å². The van der Waals surface area contributed by atoms with Crippen molar-refractivity contribution in [1.82, 2.24) is 30.2 Å². The maximum absolute atomic E-state index is 12.6. The van der Waals surface area contributed by atoms with Gasteiger partial charge >= 0.3 is 18.2 Å². The number of piperidine rings is 1. The van der Waals surface area contributed by atoms with Gasteiger partial charge in [0.1, 0.15) is 22.7 Å². The number of amides is 3. The Hall–Kier alpha value is -5.32. The highest BCUT2D eigenvalue weighted by Crippen LogP contribution is 2.51. The van der Waals surface area contributed by atoms with E-state index in [9.17, 15) is 19.2 Å². The molecule has 2 N–H and O–H groups in total. The fourth-order valence-corrected chi connectivity index (χ4v) is 5.97. The largest absolute Gasteiger partial charge is 0.454 e. The summed E-state index contributed by atoms with van der Waals surface area (Å²) in [5, 5.41) is 9.41. The summed E-state index contributed by atoms with van der Waals surface area (Å²) in [5.74, 6) is 8.44. The van der Waals surface area contributed by atoms with E-state index in [0.29, 0.717) is 48.7 Å². The number of rotatable bonds is 11. The number of hydrogen-bond donors (Lipinski definition) is 2. The number of likely N-dealkylation sites (tertiary alicyclic amines) is 1. The minimum atomic E-state index is -0.625. The van der Waals surface area contributed by atoms with Crippen molar-refractivity contribution >= 4 is 24.1 Å². The molecule has 0 unspecified atom stereocenters. The third-order valence-electron chi connectivity index (χ3n) is 8.41. The lowest BCUT2D eigenvalue weighted by Gasteiger charge is -2.21. The van der Waals surface area contributed by atoms with Gasteiger partial charge in [0.05, 0.1) is 13.0 Å². The number of ether oxygens (including phenoxy) is 3. The highest BCUT2D eigenvalue weighted by atomic mass is 16.6. The quantitative estimate of drug-likeness (QED) is 0.155. The summed E-state index contributed by atoms with van der Waals surface area (Å²) in [5.41, 5.74) is 1.22. The van der Waals surface area contributed by atoms with Crippen LogP contribution in [0.3, 0.4) is 0 Å². The molecule has 2 fully saturated rings. The highest BCUT2D eigenvalue weighted by Gasteiger charge is 2.55. The monoisotopic (exact) mass is 716 g/mol. The maximum atomic E-state index is 12.6. The van der Waals surface area contributed by atoms with Crippen LogP contribution in [0.1, 0.15) is 84.5 Å². The van der Waals surface area contributed by atoms with Crippen molar-refractivity contribution in [2.75, 3.05) is 26.2 Å². The topological polar surface area (TPSA) is 167 Å². The van der Waals surface area contributed by atoms with Crippen molar-refractivity contribution in [3.63, 3.8) is 0 Å². The summed E-state index contributed by atoms with van der Waals surface area (Å²) in [6.07, 6.45) is 1.91. The molecule has 3 amide bonds. The molecule has 14 nitrogen and oxygen atoms in total. The highest BCUT2D eigenvalue weighted by molar-refractivity contribution is 5.78. The summed E-state index contributed by atoms with van der Waals surface area (Å²) in [7, 11) is 0. The van der Waals surface area contributed by atoms with Gasteiger partial charge in [-0.15, -0.1) is 0 Å². The number of carbonyl (C=O) groups is 4. The molecule has 52 heavy (non-hydrogen) atoms. The van der Waals surface area contributed by atoms with Crippen LogP contribution in [-0.4, -0.2) is 81.1 Å². The summed E-state index contributed by atoms with van der Waals surface area (Å²) in [6.45, 7) is 14.5. The van der Waals surface area contributed by atoms with E-state index < -0.39 is 35.5 Å². The average Bonchev–Trinajstić information content (AvgIpc) is 3.52. The Morgan fingerprint density at radius 2 is 1.56 bits per heavy atom. The van der Waals surface area contributed by atoms with Gasteiger partial charge in [0.15, 0.2) is 11.9 Å². The van der Waals surface area contributed by atoms with Crippen molar-refractivity contribution in [2.24, 2.45) is 17.8 Å². The number of alkyl carbamates (subject to hydrolysis) is 2. The molecule has 0 spiro atoms. The molecule has 0 radical (unpaired) electrons. The Morgan fingerprint density at radius 3 is 2.17 bits per heavy atom. The Labute approximate surface area is 303 Å². The van der Waals surface area contributed by atoms with Gasteiger partial charge in [-0.25, -0.2) is 14.6 Å². The lowest BCUT2D eigenvalue weighted by Crippen LogP contribution is -2.37. The van der Waals surface area contributed by atoms with E-state index in [1.165, 1.54) is 0 Å². The van der Waals surface area contributed by atoms with Crippen LogP contribution in [-0.2, 0) is 30.3 Å². The lowest BCUT2D eigenvalue weighted by atomic mass is 10.1. The van der Waals surface area contributed by atoms with Gasteiger partial charge < -0.3 is 38.8 Å². The molecule has 278 valence electrons. The van der Waals surface area contributed by atoms with Crippen molar-refractivity contribution < 1.29 is 37.9 Å². The zero-order valence-corrected chi connectivity index (χ0v) is 30.9. The van der Waals surface area contributed by atoms with Gasteiger partial charge in [0.25, 0.3) is 0 Å². The minimum Gasteiger partial charge on any atom is -0.454 e. The van der Waals surface area contributed by atoms with Crippen LogP contribution in [0.15, 0.2) is 47.2 Å². The van der Waals surface area contributed by atoms with Crippen molar-refractivity contribution in [2.45, 2.75) is 85.2 Å². The van der Waals surface area contributed by atoms with Crippen LogP contribution in [0.5, 0.6) is 0 Å². The smallest absolute Gasteiger partial charge is 0.407 e. The molecule has 0 bridgehead atoms. The second kappa shape index (κ2) is 15.9. The fourth-order valence-electron chi connectivity index (χ4n) is 5.97. The number of aromatic nitrogens is 3. The van der Waals surface area contributed by atoms with E-state index in [0.717, 1.165) is 11.1 Å². The molecular formula is C38H48N6O8. The predicted octanol–water partition coefficient (Wildman–Crippen LogP) is 5.08. The second-order valence-electron chi connectivity index (χ2n) is 15.1. The van der Waals surface area contributed by atoms with Crippen molar-refractivity contribution in [3.05, 3.63) is 59.8 Å². The standard InChI is InChI=1S/C38H48N6O8/c1-24(49-33(46)15-17-41-36(48)51-38(5,6)7)34-39-18-19-43(34)21-27-20-31(52-42-27)26-11-8-25(9-12-26)10-13-28-29-22-44(23-30(28)29)32(45)14-16-40-35(47)50-37(2,3)4/h8-9,11-12,18-20,24,28-30H,14-17,21-23H2,1-7H3,(H,40,47)(H,41,48)/t24-,28-,29-,30+/m0/s1. The lowest BCUT2D eigenvalue weighted by molar-refractivity contribution is -0.148. The number of fused-ring (bicyclic) bond motifs is 1. The van der Waals surface area contributed by atoms with Gasteiger partial charge in [-0.2, -0.15) is 0 Å². The maximum Gasteiger partial charge on any atom is 0.407 e. The Morgan fingerprint density at radius 1 is 0.942 bits per heavy atom. The minimum absolute atomic E-state index is 0.0109. The van der Waals surface area contributed by atoms with Crippen LogP contribution < -0.4 is 10.6 Å². The second-order valence-corrected chi connectivity index (χ2v) is 15.1. The van der Waals surface area contributed by atoms with E-state index in [-0.39, 0.29) is 37.8 Å². The van der Waals surface area contributed by atoms with Gasteiger partial charge in [0, 0.05) is 68.1 Å². The molecule has 3 aromatic rings.